The third kappa shape index (κ3) is 3.74. The Labute approximate surface area is 121 Å². The van der Waals surface area contributed by atoms with Crippen molar-refractivity contribution in [2.45, 2.75) is 25.9 Å². The second kappa shape index (κ2) is 6.29. The summed E-state index contributed by atoms with van der Waals surface area (Å²) in [6.45, 7) is 2.56. The summed E-state index contributed by atoms with van der Waals surface area (Å²) in [5, 5.41) is 14.0. The monoisotopic (exact) mass is 295 g/mol. The van der Waals surface area contributed by atoms with E-state index >= 15 is 0 Å². The summed E-state index contributed by atoms with van der Waals surface area (Å²) in [6.07, 6.45) is -0.418. The molecule has 1 saturated heterocycles. The number of carbonyl (C=O) groups excluding carboxylic acids is 2. The molecule has 2 heterocycles. The van der Waals surface area contributed by atoms with Crippen molar-refractivity contribution in [2.24, 2.45) is 0 Å². The first-order chi connectivity index (χ1) is 9.97. The van der Waals surface area contributed by atoms with Crippen LogP contribution in [0.25, 0.3) is 0 Å². The molecule has 2 rings (SSSR count). The van der Waals surface area contributed by atoms with Crippen molar-refractivity contribution in [1.29, 1.82) is 0 Å². The predicted octanol–water partition coefficient (Wildman–Crippen LogP) is 0.0727. The molecule has 0 saturated carbocycles. The molecule has 0 radical (unpaired) electrons. The van der Waals surface area contributed by atoms with Crippen molar-refractivity contribution in [3.63, 3.8) is 0 Å². The molecule has 3 amide bonds. The highest BCUT2D eigenvalue weighted by atomic mass is 16.4. The van der Waals surface area contributed by atoms with E-state index in [4.69, 9.17) is 9.52 Å². The Morgan fingerprint density at radius 1 is 1.52 bits per heavy atom. The molecule has 0 bridgehead atoms. The Morgan fingerprint density at radius 2 is 2.29 bits per heavy atom. The fourth-order valence-corrected chi connectivity index (χ4v) is 2.17. The molecular formula is C13H17N3O5. The number of furan rings is 1. The summed E-state index contributed by atoms with van der Waals surface area (Å²) in [6, 6.07) is 2.05. The zero-order valence-electron chi connectivity index (χ0n) is 11.6. The minimum absolute atomic E-state index is 0.185. The quantitative estimate of drug-likeness (QED) is 0.728. The maximum absolute atomic E-state index is 12.1. The van der Waals surface area contributed by atoms with Crippen LogP contribution in [-0.4, -0.2) is 47.0 Å². The summed E-state index contributed by atoms with van der Waals surface area (Å²) >= 11 is 0. The number of aliphatic carboxylic acids is 1. The smallest absolute Gasteiger partial charge is 0.318 e. The highest BCUT2D eigenvalue weighted by molar-refractivity contribution is 5.91. The van der Waals surface area contributed by atoms with E-state index in [1.807, 2.05) is 0 Å². The Kier molecular flexibility index (Phi) is 4.46. The number of urea groups is 1. The fourth-order valence-electron chi connectivity index (χ4n) is 2.17. The van der Waals surface area contributed by atoms with E-state index in [1.54, 1.807) is 19.1 Å². The number of carboxylic acids is 1. The molecule has 21 heavy (non-hydrogen) atoms. The van der Waals surface area contributed by atoms with E-state index in [-0.39, 0.29) is 13.1 Å². The largest absolute Gasteiger partial charge is 0.481 e. The second-order valence-corrected chi connectivity index (χ2v) is 4.77. The maximum atomic E-state index is 12.1. The Bertz CT molecular complexity index is 554. The Morgan fingerprint density at radius 3 is 2.90 bits per heavy atom. The predicted molar refractivity (Wildman–Crippen MR) is 71.4 cm³/mol. The molecule has 1 aromatic heterocycles. The van der Waals surface area contributed by atoms with Crippen molar-refractivity contribution in [1.82, 2.24) is 15.5 Å². The van der Waals surface area contributed by atoms with Crippen LogP contribution in [0.4, 0.5) is 4.79 Å². The zero-order chi connectivity index (χ0) is 15.4. The molecule has 8 heteroatoms. The summed E-state index contributed by atoms with van der Waals surface area (Å²) in [5.41, 5.74) is 0. The summed E-state index contributed by atoms with van der Waals surface area (Å²) in [7, 11) is 0. The van der Waals surface area contributed by atoms with Gasteiger partial charge in [-0.3, -0.25) is 9.59 Å². The average Bonchev–Trinajstić information content (AvgIpc) is 2.84. The number of aryl methyl sites for hydroxylation is 1. The highest BCUT2D eigenvalue weighted by Gasteiger charge is 2.34. The average molecular weight is 295 g/mol. The van der Waals surface area contributed by atoms with E-state index in [1.165, 1.54) is 4.90 Å². The van der Waals surface area contributed by atoms with Crippen molar-refractivity contribution >= 4 is 17.9 Å². The van der Waals surface area contributed by atoms with Crippen LogP contribution in [0.3, 0.4) is 0 Å². The highest BCUT2D eigenvalue weighted by Crippen LogP contribution is 2.10. The Balaban J connectivity index is 1.98. The van der Waals surface area contributed by atoms with Gasteiger partial charge in [-0.2, -0.15) is 0 Å². The van der Waals surface area contributed by atoms with Crippen LogP contribution >= 0.6 is 0 Å². The number of rotatable bonds is 4. The lowest BCUT2D eigenvalue weighted by Crippen LogP contribution is -2.59. The van der Waals surface area contributed by atoms with Crippen LogP contribution in [0.1, 0.15) is 17.9 Å². The number of piperazine rings is 1. The van der Waals surface area contributed by atoms with Gasteiger partial charge in [-0.25, -0.2) is 4.79 Å². The van der Waals surface area contributed by atoms with E-state index in [0.29, 0.717) is 12.3 Å². The standard InChI is InChI=1S/C13H17N3O5/c1-8-2-3-9(21-8)7-15-13(20)16-5-4-14-12(19)10(16)6-11(17)18/h2-3,10H,4-7H2,1H3,(H,14,19)(H,15,20)(H,17,18). The molecule has 0 aliphatic carbocycles. The lowest BCUT2D eigenvalue weighted by Gasteiger charge is -2.34. The van der Waals surface area contributed by atoms with Gasteiger partial charge in [0.05, 0.1) is 13.0 Å². The number of carbonyl (C=O) groups is 3. The van der Waals surface area contributed by atoms with Crippen LogP contribution < -0.4 is 10.6 Å². The van der Waals surface area contributed by atoms with Gasteiger partial charge < -0.3 is 25.1 Å². The van der Waals surface area contributed by atoms with Gasteiger partial charge >= 0.3 is 12.0 Å². The molecule has 1 fully saturated rings. The van der Waals surface area contributed by atoms with Gasteiger partial charge in [0, 0.05) is 13.1 Å². The summed E-state index contributed by atoms with van der Waals surface area (Å²) in [5.74, 6) is -0.249. The van der Waals surface area contributed by atoms with Crippen molar-refractivity contribution in [3.05, 3.63) is 23.7 Å². The minimum atomic E-state index is -1.13. The Hall–Kier alpha value is -2.51. The number of hydrogen-bond donors (Lipinski definition) is 3. The molecule has 1 unspecified atom stereocenters. The lowest BCUT2D eigenvalue weighted by molar-refractivity contribution is -0.142. The van der Waals surface area contributed by atoms with Gasteiger partial charge in [-0.15, -0.1) is 0 Å². The van der Waals surface area contributed by atoms with E-state index in [0.717, 1.165) is 5.76 Å². The lowest BCUT2D eigenvalue weighted by atomic mass is 10.1. The number of nitrogens with one attached hydrogen (secondary N) is 2. The first-order valence-corrected chi connectivity index (χ1v) is 6.56. The van der Waals surface area contributed by atoms with Gasteiger partial charge in [-0.05, 0) is 19.1 Å². The van der Waals surface area contributed by atoms with Crippen LogP contribution in [0, 0.1) is 6.92 Å². The third-order valence-corrected chi connectivity index (χ3v) is 3.17. The van der Waals surface area contributed by atoms with Crippen LogP contribution in [0.2, 0.25) is 0 Å². The van der Waals surface area contributed by atoms with Gasteiger partial charge in [0.2, 0.25) is 5.91 Å². The van der Waals surface area contributed by atoms with Gasteiger partial charge in [0.25, 0.3) is 0 Å². The number of hydrogen-bond acceptors (Lipinski definition) is 4. The van der Waals surface area contributed by atoms with E-state index in [9.17, 15) is 14.4 Å². The minimum Gasteiger partial charge on any atom is -0.481 e. The molecule has 8 nitrogen and oxygen atoms in total. The third-order valence-electron chi connectivity index (χ3n) is 3.17. The SMILES string of the molecule is Cc1ccc(CNC(=O)N2CCNC(=O)C2CC(=O)O)o1. The number of amides is 3. The number of nitrogens with zero attached hydrogens (tertiary/aromatic N) is 1. The second-order valence-electron chi connectivity index (χ2n) is 4.77. The van der Waals surface area contributed by atoms with Crippen LogP contribution in [-0.2, 0) is 16.1 Å². The van der Waals surface area contributed by atoms with Gasteiger partial charge in [0.15, 0.2) is 0 Å². The van der Waals surface area contributed by atoms with Crippen LogP contribution in [0.15, 0.2) is 16.5 Å². The molecule has 1 aliphatic heterocycles. The zero-order valence-corrected chi connectivity index (χ0v) is 11.6. The normalized spacial score (nSPS) is 18.2. The molecule has 1 aromatic rings. The molecule has 114 valence electrons. The molecule has 0 spiro atoms. The van der Waals surface area contributed by atoms with Crippen LogP contribution in [0.5, 0.6) is 0 Å². The number of carboxylic acid groups (broad SMARTS) is 1. The first-order valence-electron chi connectivity index (χ1n) is 6.56. The van der Waals surface area contributed by atoms with Gasteiger partial charge in [-0.1, -0.05) is 0 Å². The van der Waals surface area contributed by atoms with E-state index in [2.05, 4.69) is 10.6 Å². The maximum Gasteiger partial charge on any atom is 0.318 e. The summed E-state index contributed by atoms with van der Waals surface area (Å²) in [4.78, 5) is 35.9. The van der Waals surface area contributed by atoms with Gasteiger partial charge in [0.1, 0.15) is 17.6 Å². The first kappa shape index (κ1) is 14.9. The van der Waals surface area contributed by atoms with E-state index < -0.39 is 30.4 Å². The molecule has 1 atom stereocenters. The summed E-state index contributed by atoms with van der Waals surface area (Å²) < 4.78 is 5.33. The molecular weight excluding hydrogens is 278 g/mol. The van der Waals surface area contributed by atoms with Crippen molar-refractivity contribution in [3.8, 4) is 0 Å². The molecule has 0 aromatic carbocycles. The fraction of sp³-hybridized carbons (Fsp3) is 0.462. The molecule has 3 N–H and O–H groups in total. The van der Waals surface area contributed by atoms with Crippen molar-refractivity contribution < 1.29 is 23.9 Å². The molecule has 1 aliphatic rings. The van der Waals surface area contributed by atoms with Crippen molar-refractivity contribution in [2.75, 3.05) is 13.1 Å². The topological polar surface area (TPSA) is 112 Å².